The first-order chi connectivity index (χ1) is 19.0. The van der Waals surface area contributed by atoms with Crippen LogP contribution in [0.5, 0.6) is 0 Å². The Labute approximate surface area is 225 Å². The van der Waals surface area contributed by atoms with Gasteiger partial charge in [0.05, 0.1) is 17.9 Å². The summed E-state index contributed by atoms with van der Waals surface area (Å²) >= 11 is 0. The Bertz CT molecular complexity index is 1600. The normalized spacial score (nSPS) is 20.4. The average molecular weight is 524 g/mol. The Balaban J connectivity index is 1.04. The van der Waals surface area contributed by atoms with Gasteiger partial charge in [0, 0.05) is 55.2 Å². The second-order valence-electron chi connectivity index (χ2n) is 10.7. The molecule has 198 valence electrons. The second kappa shape index (κ2) is 9.40. The van der Waals surface area contributed by atoms with Gasteiger partial charge in [-0.15, -0.1) is 0 Å². The first-order valence-electron chi connectivity index (χ1n) is 13.5. The molecule has 3 aliphatic rings. The zero-order valence-corrected chi connectivity index (χ0v) is 21.7. The first-order valence-corrected chi connectivity index (χ1v) is 13.5. The zero-order chi connectivity index (χ0) is 26.5. The zero-order valence-electron chi connectivity index (χ0n) is 21.7. The van der Waals surface area contributed by atoms with Crippen LogP contribution in [0.4, 0.5) is 17.3 Å². The number of nitrogens with zero attached hydrogens (tertiary/aromatic N) is 7. The summed E-state index contributed by atoms with van der Waals surface area (Å²) in [4.78, 5) is 49.3. The summed E-state index contributed by atoms with van der Waals surface area (Å²) in [5.41, 5.74) is 4.68. The Hall–Kier alpha value is -4.41. The molecule has 0 bridgehead atoms. The van der Waals surface area contributed by atoms with Gasteiger partial charge in [-0.25, -0.2) is 24.9 Å². The van der Waals surface area contributed by atoms with E-state index in [-0.39, 0.29) is 23.7 Å². The molecule has 2 atom stereocenters. The van der Waals surface area contributed by atoms with E-state index in [1.165, 1.54) is 24.7 Å². The average Bonchev–Trinajstić information content (AvgIpc) is 3.85. The topological polar surface area (TPSA) is 130 Å². The number of imidazole rings is 1. The predicted molar refractivity (Wildman–Crippen MR) is 144 cm³/mol. The number of amides is 2. The Kier molecular flexibility index (Phi) is 5.71. The molecule has 39 heavy (non-hydrogen) atoms. The van der Waals surface area contributed by atoms with Gasteiger partial charge in [0.1, 0.15) is 23.8 Å². The van der Waals surface area contributed by atoms with Crippen LogP contribution in [0.2, 0.25) is 0 Å². The summed E-state index contributed by atoms with van der Waals surface area (Å²) in [6.07, 6.45) is 11.9. The molecule has 1 aliphatic heterocycles. The number of hydrogen-bond donors (Lipinski definition) is 2. The number of anilines is 3. The highest BCUT2D eigenvalue weighted by atomic mass is 16.2. The number of hydrogen-bond acceptors (Lipinski definition) is 8. The van der Waals surface area contributed by atoms with E-state index in [1.807, 2.05) is 28.5 Å². The SMILES string of the molecule is Cc1ccnc(C2CC2C(=O)Nc2cc(NCc3cn4cc(C5CC5)cc(N5CCCC5=O)c4n3)ncn2)n1. The van der Waals surface area contributed by atoms with Gasteiger partial charge in [-0.1, -0.05) is 0 Å². The van der Waals surface area contributed by atoms with E-state index in [2.05, 4.69) is 42.8 Å². The molecular formula is C28H29N9O2. The quantitative estimate of drug-likeness (QED) is 0.358. The number of rotatable bonds is 8. The lowest BCUT2D eigenvalue weighted by atomic mass is 10.1. The molecule has 7 rings (SSSR count). The molecule has 11 nitrogen and oxygen atoms in total. The maximum absolute atomic E-state index is 12.8. The van der Waals surface area contributed by atoms with E-state index in [0.29, 0.717) is 36.3 Å². The van der Waals surface area contributed by atoms with Crippen molar-refractivity contribution in [1.82, 2.24) is 29.3 Å². The van der Waals surface area contributed by atoms with E-state index in [1.54, 1.807) is 12.3 Å². The Morgan fingerprint density at radius 1 is 1.10 bits per heavy atom. The van der Waals surface area contributed by atoms with Crippen LogP contribution in [0.1, 0.15) is 66.7 Å². The van der Waals surface area contributed by atoms with Crippen molar-refractivity contribution in [1.29, 1.82) is 0 Å². The first kappa shape index (κ1) is 23.7. The second-order valence-corrected chi connectivity index (χ2v) is 10.7. The van der Waals surface area contributed by atoms with Gasteiger partial charge in [0.25, 0.3) is 0 Å². The molecule has 4 aromatic rings. The molecule has 5 heterocycles. The van der Waals surface area contributed by atoms with Crippen molar-refractivity contribution in [2.45, 2.75) is 57.4 Å². The van der Waals surface area contributed by atoms with Crippen molar-refractivity contribution < 1.29 is 9.59 Å². The Morgan fingerprint density at radius 2 is 1.97 bits per heavy atom. The molecule has 2 N–H and O–H groups in total. The van der Waals surface area contributed by atoms with Gasteiger partial charge in [0.15, 0.2) is 5.65 Å². The third-order valence-corrected chi connectivity index (χ3v) is 7.66. The van der Waals surface area contributed by atoms with Gasteiger partial charge in [-0.05, 0) is 56.2 Å². The van der Waals surface area contributed by atoms with Crippen LogP contribution in [-0.4, -0.2) is 47.7 Å². The highest BCUT2D eigenvalue weighted by molar-refractivity contribution is 5.98. The molecule has 2 amide bonds. The molecule has 0 spiro atoms. The van der Waals surface area contributed by atoms with Crippen molar-refractivity contribution in [3.8, 4) is 0 Å². The molecule has 3 fully saturated rings. The standard InChI is InChI=1S/C28H29N9O2/c1-16-6-7-29-26(33-16)20-10-21(20)28(39)35-24-11-23(31-15-32-24)30-12-19-14-36-13-18(17-4-5-17)9-22(27(36)34-19)37-8-2-3-25(37)38/h6-7,9,11,13-15,17,20-21H,2-5,8,10,12H2,1H3,(H2,30,31,32,35,39). The molecule has 1 saturated heterocycles. The van der Waals surface area contributed by atoms with Crippen LogP contribution in [0, 0.1) is 12.8 Å². The monoisotopic (exact) mass is 523 g/mol. The maximum Gasteiger partial charge on any atom is 0.229 e. The van der Waals surface area contributed by atoms with Crippen molar-refractivity contribution in [2.24, 2.45) is 5.92 Å². The van der Waals surface area contributed by atoms with E-state index < -0.39 is 0 Å². The van der Waals surface area contributed by atoms with Crippen LogP contribution in [-0.2, 0) is 16.1 Å². The van der Waals surface area contributed by atoms with Crippen LogP contribution < -0.4 is 15.5 Å². The van der Waals surface area contributed by atoms with Gasteiger partial charge >= 0.3 is 0 Å². The van der Waals surface area contributed by atoms with E-state index >= 15 is 0 Å². The lowest BCUT2D eigenvalue weighted by Gasteiger charge is -2.17. The number of nitrogens with one attached hydrogen (secondary N) is 2. The lowest BCUT2D eigenvalue weighted by molar-refractivity contribution is -0.118. The van der Waals surface area contributed by atoms with Crippen molar-refractivity contribution >= 4 is 34.8 Å². The van der Waals surface area contributed by atoms with Crippen LogP contribution in [0.25, 0.3) is 5.65 Å². The fraction of sp³-hybridized carbons (Fsp3) is 0.393. The highest BCUT2D eigenvalue weighted by Gasteiger charge is 2.46. The fourth-order valence-corrected chi connectivity index (χ4v) is 5.32. The molecule has 2 unspecified atom stereocenters. The lowest BCUT2D eigenvalue weighted by Crippen LogP contribution is -2.24. The summed E-state index contributed by atoms with van der Waals surface area (Å²) in [5, 5.41) is 6.19. The number of aryl methyl sites for hydroxylation is 1. The van der Waals surface area contributed by atoms with Gasteiger partial charge < -0.3 is 19.9 Å². The number of carbonyl (C=O) groups excluding carboxylic acids is 2. The molecule has 4 aromatic heterocycles. The maximum atomic E-state index is 12.8. The minimum atomic E-state index is -0.159. The smallest absolute Gasteiger partial charge is 0.229 e. The van der Waals surface area contributed by atoms with Crippen molar-refractivity contribution in [3.63, 3.8) is 0 Å². The number of fused-ring (bicyclic) bond motifs is 1. The predicted octanol–water partition coefficient (Wildman–Crippen LogP) is 3.58. The van der Waals surface area contributed by atoms with E-state index in [0.717, 1.165) is 42.1 Å². The third kappa shape index (κ3) is 4.80. The fourth-order valence-electron chi connectivity index (χ4n) is 5.32. The van der Waals surface area contributed by atoms with Crippen molar-refractivity contribution in [3.05, 3.63) is 65.9 Å². The van der Waals surface area contributed by atoms with Gasteiger partial charge in [-0.2, -0.15) is 0 Å². The molecular weight excluding hydrogens is 494 g/mol. The molecule has 11 heteroatoms. The molecule has 0 aromatic carbocycles. The summed E-state index contributed by atoms with van der Waals surface area (Å²) in [5.74, 6) is 2.26. The summed E-state index contributed by atoms with van der Waals surface area (Å²) in [6, 6.07) is 5.71. The summed E-state index contributed by atoms with van der Waals surface area (Å²) in [7, 11) is 0. The third-order valence-electron chi connectivity index (χ3n) is 7.66. The van der Waals surface area contributed by atoms with E-state index in [4.69, 9.17) is 4.98 Å². The van der Waals surface area contributed by atoms with Crippen LogP contribution in [0.15, 0.2) is 43.1 Å². The summed E-state index contributed by atoms with van der Waals surface area (Å²) < 4.78 is 2.04. The minimum Gasteiger partial charge on any atom is -0.364 e. The van der Waals surface area contributed by atoms with Gasteiger partial charge in [0.2, 0.25) is 11.8 Å². The number of pyridine rings is 1. The molecule has 2 saturated carbocycles. The summed E-state index contributed by atoms with van der Waals surface area (Å²) in [6.45, 7) is 3.09. The molecule has 2 aliphatic carbocycles. The number of carbonyl (C=O) groups is 2. The van der Waals surface area contributed by atoms with Crippen LogP contribution in [0.3, 0.4) is 0 Å². The van der Waals surface area contributed by atoms with Crippen LogP contribution >= 0.6 is 0 Å². The highest BCUT2D eigenvalue weighted by Crippen LogP contribution is 2.46. The Morgan fingerprint density at radius 3 is 2.77 bits per heavy atom. The van der Waals surface area contributed by atoms with Crippen molar-refractivity contribution in [2.75, 3.05) is 22.1 Å². The van der Waals surface area contributed by atoms with E-state index in [9.17, 15) is 9.59 Å². The number of aromatic nitrogens is 6. The van der Waals surface area contributed by atoms with Gasteiger partial charge in [-0.3, -0.25) is 9.59 Å². The largest absolute Gasteiger partial charge is 0.364 e. The molecule has 0 radical (unpaired) electrons. The minimum absolute atomic E-state index is 0.0422.